The van der Waals surface area contributed by atoms with Crippen LogP contribution in [-0.2, 0) is 14.3 Å². The molecule has 0 fully saturated rings. The van der Waals surface area contributed by atoms with Crippen LogP contribution in [0.5, 0.6) is 17.2 Å². The molecular formula is C25H23NO6. The highest BCUT2D eigenvalue weighted by Gasteiger charge is 2.20. The van der Waals surface area contributed by atoms with Crippen LogP contribution in [0.3, 0.4) is 0 Å². The summed E-state index contributed by atoms with van der Waals surface area (Å²) in [4.78, 5) is 24.7. The fourth-order valence-corrected chi connectivity index (χ4v) is 3.24. The smallest absolute Gasteiger partial charge is 0.344 e. The molecule has 1 aliphatic rings. The molecule has 0 aromatic heterocycles. The molecule has 164 valence electrons. The van der Waals surface area contributed by atoms with Gasteiger partial charge in [0.05, 0.1) is 0 Å². The van der Waals surface area contributed by atoms with Gasteiger partial charge in [0.25, 0.3) is 5.91 Å². The number of esters is 1. The number of amides is 1. The molecule has 0 spiro atoms. The monoisotopic (exact) mass is 433 g/mol. The van der Waals surface area contributed by atoms with Crippen molar-refractivity contribution in [2.75, 3.05) is 25.1 Å². The first-order chi connectivity index (χ1) is 15.6. The molecule has 7 heteroatoms. The van der Waals surface area contributed by atoms with Crippen LogP contribution in [0.2, 0.25) is 0 Å². The number of carbonyl (C=O) groups is 2. The van der Waals surface area contributed by atoms with Crippen LogP contribution in [0.4, 0.5) is 5.69 Å². The molecule has 7 nitrogen and oxygen atoms in total. The van der Waals surface area contributed by atoms with E-state index in [1.54, 1.807) is 24.3 Å². The summed E-state index contributed by atoms with van der Waals surface area (Å²) in [7, 11) is 0. The highest BCUT2D eigenvalue weighted by Crippen LogP contribution is 2.32. The van der Waals surface area contributed by atoms with Gasteiger partial charge in [-0.05, 0) is 30.7 Å². The fraction of sp³-hybridized carbons (Fsp3) is 0.200. The first-order valence-corrected chi connectivity index (χ1v) is 10.3. The number of fused-ring (bicyclic) bond motifs is 1. The number of benzene rings is 3. The average molecular weight is 433 g/mol. The molecule has 1 N–H and O–H groups in total. The third kappa shape index (κ3) is 5.18. The molecule has 1 unspecified atom stereocenters. The van der Waals surface area contributed by atoms with E-state index >= 15 is 0 Å². The highest BCUT2D eigenvalue weighted by atomic mass is 16.6. The van der Waals surface area contributed by atoms with Gasteiger partial charge in [0, 0.05) is 17.3 Å². The molecule has 0 radical (unpaired) electrons. The number of nitrogens with one attached hydrogen (secondary N) is 1. The molecule has 3 aromatic carbocycles. The van der Waals surface area contributed by atoms with Crippen molar-refractivity contribution in [2.24, 2.45) is 0 Å². The van der Waals surface area contributed by atoms with Gasteiger partial charge in [-0.3, -0.25) is 4.79 Å². The Morgan fingerprint density at radius 3 is 2.47 bits per heavy atom. The Bertz CT molecular complexity index is 1100. The van der Waals surface area contributed by atoms with E-state index in [1.807, 2.05) is 48.5 Å². The van der Waals surface area contributed by atoms with Crippen molar-refractivity contribution in [3.8, 4) is 28.4 Å². The Morgan fingerprint density at radius 2 is 1.66 bits per heavy atom. The molecule has 0 saturated carbocycles. The normalized spacial score (nSPS) is 13.0. The second-order valence-electron chi connectivity index (χ2n) is 7.13. The van der Waals surface area contributed by atoms with Crippen molar-refractivity contribution >= 4 is 17.6 Å². The predicted molar refractivity (Wildman–Crippen MR) is 119 cm³/mol. The minimum Gasteiger partial charge on any atom is -0.486 e. The van der Waals surface area contributed by atoms with Gasteiger partial charge in [-0.25, -0.2) is 4.79 Å². The average Bonchev–Trinajstić information content (AvgIpc) is 2.83. The SMILES string of the molecule is CC(OC(=O)COc1ccccc1-c1ccccc1)C(=O)Nc1ccc2c(c1)OCCO2. The largest absolute Gasteiger partial charge is 0.486 e. The van der Waals surface area contributed by atoms with E-state index < -0.39 is 18.0 Å². The van der Waals surface area contributed by atoms with Gasteiger partial charge < -0.3 is 24.3 Å². The van der Waals surface area contributed by atoms with E-state index in [0.29, 0.717) is 36.1 Å². The summed E-state index contributed by atoms with van der Waals surface area (Å²) in [5.74, 6) is 0.646. The number of ether oxygens (including phenoxy) is 4. The zero-order valence-electron chi connectivity index (χ0n) is 17.6. The Labute approximate surface area is 185 Å². The van der Waals surface area contributed by atoms with Crippen LogP contribution in [0.15, 0.2) is 72.8 Å². The fourth-order valence-electron chi connectivity index (χ4n) is 3.24. The van der Waals surface area contributed by atoms with Crippen molar-refractivity contribution < 1.29 is 28.5 Å². The molecule has 3 aromatic rings. The molecule has 0 aliphatic carbocycles. The molecule has 0 saturated heterocycles. The van der Waals surface area contributed by atoms with Crippen LogP contribution in [0, 0.1) is 0 Å². The first kappa shape index (κ1) is 21.2. The third-order valence-electron chi connectivity index (χ3n) is 4.80. The summed E-state index contributed by atoms with van der Waals surface area (Å²) < 4.78 is 21.9. The highest BCUT2D eigenvalue weighted by molar-refractivity contribution is 5.95. The Balaban J connectivity index is 1.31. The summed E-state index contributed by atoms with van der Waals surface area (Å²) in [5, 5.41) is 2.71. The molecule has 1 atom stereocenters. The minimum atomic E-state index is -0.997. The van der Waals surface area contributed by atoms with Gasteiger partial charge >= 0.3 is 5.97 Å². The van der Waals surface area contributed by atoms with Crippen molar-refractivity contribution in [2.45, 2.75) is 13.0 Å². The van der Waals surface area contributed by atoms with Gasteiger partial charge in [-0.1, -0.05) is 48.5 Å². The zero-order valence-corrected chi connectivity index (χ0v) is 17.6. The third-order valence-corrected chi connectivity index (χ3v) is 4.80. The van der Waals surface area contributed by atoms with E-state index in [9.17, 15) is 9.59 Å². The van der Waals surface area contributed by atoms with Gasteiger partial charge in [0.2, 0.25) is 0 Å². The van der Waals surface area contributed by atoms with E-state index in [2.05, 4.69) is 5.32 Å². The summed E-state index contributed by atoms with van der Waals surface area (Å²) in [6.07, 6.45) is -0.997. The predicted octanol–water partition coefficient (Wildman–Crippen LogP) is 4.07. The summed E-state index contributed by atoms with van der Waals surface area (Å²) in [6.45, 7) is 2.13. The van der Waals surface area contributed by atoms with E-state index in [-0.39, 0.29) is 6.61 Å². The lowest BCUT2D eigenvalue weighted by atomic mass is 10.1. The maximum Gasteiger partial charge on any atom is 0.344 e. The second-order valence-corrected chi connectivity index (χ2v) is 7.13. The van der Waals surface area contributed by atoms with Crippen LogP contribution in [0.25, 0.3) is 11.1 Å². The molecule has 0 bridgehead atoms. The number of carbonyl (C=O) groups excluding carboxylic acids is 2. The van der Waals surface area contributed by atoms with E-state index in [0.717, 1.165) is 11.1 Å². The Morgan fingerprint density at radius 1 is 0.938 bits per heavy atom. The van der Waals surface area contributed by atoms with E-state index in [4.69, 9.17) is 18.9 Å². The van der Waals surface area contributed by atoms with Gasteiger partial charge in [0.15, 0.2) is 24.2 Å². The molecule has 32 heavy (non-hydrogen) atoms. The zero-order chi connectivity index (χ0) is 22.3. The summed E-state index contributed by atoms with van der Waals surface area (Å²) in [6, 6.07) is 22.2. The minimum absolute atomic E-state index is 0.314. The number of hydrogen-bond donors (Lipinski definition) is 1. The van der Waals surface area contributed by atoms with Crippen LogP contribution < -0.4 is 19.5 Å². The molecule has 1 aliphatic heterocycles. The second kappa shape index (κ2) is 9.87. The quantitative estimate of drug-likeness (QED) is 0.566. The van der Waals surface area contributed by atoms with Crippen LogP contribution in [0.1, 0.15) is 6.92 Å². The lowest BCUT2D eigenvalue weighted by Crippen LogP contribution is -2.31. The van der Waals surface area contributed by atoms with Gasteiger partial charge in [0.1, 0.15) is 19.0 Å². The molecular weight excluding hydrogens is 410 g/mol. The van der Waals surface area contributed by atoms with Gasteiger partial charge in [-0.2, -0.15) is 0 Å². The Hall–Kier alpha value is -4.00. The van der Waals surface area contributed by atoms with Crippen molar-refractivity contribution in [3.05, 3.63) is 72.8 Å². The maximum absolute atomic E-state index is 12.4. The number of rotatable bonds is 7. The maximum atomic E-state index is 12.4. The van der Waals surface area contributed by atoms with Gasteiger partial charge in [-0.15, -0.1) is 0 Å². The number of hydrogen-bond acceptors (Lipinski definition) is 6. The van der Waals surface area contributed by atoms with Crippen molar-refractivity contribution in [1.29, 1.82) is 0 Å². The standard InChI is InChI=1S/C25H23NO6/c1-17(25(28)26-19-11-12-22-23(15-19)30-14-13-29-22)32-24(27)16-31-21-10-6-5-9-20(21)18-7-3-2-4-8-18/h2-12,15,17H,13-14,16H2,1H3,(H,26,28). The summed E-state index contributed by atoms with van der Waals surface area (Å²) in [5.41, 5.74) is 2.36. The number of anilines is 1. The molecule has 1 heterocycles. The van der Waals surface area contributed by atoms with Crippen molar-refractivity contribution in [1.82, 2.24) is 0 Å². The topological polar surface area (TPSA) is 83.1 Å². The van der Waals surface area contributed by atoms with Crippen LogP contribution in [-0.4, -0.2) is 37.8 Å². The van der Waals surface area contributed by atoms with Crippen LogP contribution >= 0.6 is 0 Å². The van der Waals surface area contributed by atoms with E-state index in [1.165, 1.54) is 6.92 Å². The number of para-hydroxylation sites is 1. The first-order valence-electron chi connectivity index (χ1n) is 10.3. The lowest BCUT2D eigenvalue weighted by molar-refractivity contribution is -0.155. The van der Waals surface area contributed by atoms with Crippen molar-refractivity contribution in [3.63, 3.8) is 0 Å². The molecule has 4 rings (SSSR count). The molecule has 1 amide bonds. The Kier molecular flexibility index (Phi) is 6.55. The summed E-state index contributed by atoms with van der Waals surface area (Å²) >= 11 is 0. The lowest BCUT2D eigenvalue weighted by Gasteiger charge is -2.19.